The van der Waals surface area contributed by atoms with Crippen molar-refractivity contribution in [2.45, 2.75) is 6.92 Å². The largest absolute Gasteiger partial charge is 0.464 e. The molecule has 0 saturated carbocycles. The number of ether oxygens (including phenoxy) is 1. The molecule has 0 saturated heterocycles. The van der Waals surface area contributed by atoms with Gasteiger partial charge in [-0.25, -0.2) is 4.79 Å². The van der Waals surface area contributed by atoms with E-state index >= 15 is 0 Å². The summed E-state index contributed by atoms with van der Waals surface area (Å²) < 4.78 is 4.52. The van der Waals surface area contributed by atoms with E-state index in [1.807, 2.05) is 6.07 Å². The highest BCUT2D eigenvalue weighted by atomic mass is 16.5. The van der Waals surface area contributed by atoms with E-state index in [0.29, 0.717) is 5.56 Å². The second kappa shape index (κ2) is 5.70. The van der Waals surface area contributed by atoms with Crippen LogP contribution in [0.4, 0.5) is 0 Å². The second-order valence-electron chi connectivity index (χ2n) is 3.01. The summed E-state index contributed by atoms with van der Waals surface area (Å²) in [6, 6.07) is 8.65. The SMILES string of the molecule is C/C=C(\NC(=O)c1ccccc1)C(=O)OC. The van der Waals surface area contributed by atoms with Crippen LogP contribution in [0.1, 0.15) is 17.3 Å². The zero-order chi connectivity index (χ0) is 12.0. The molecule has 0 spiro atoms. The molecule has 0 fully saturated rings. The first-order chi connectivity index (χ1) is 7.69. The summed E-state index contributed by atoms with van der Waals surface area (Å²) in [5, 5.41) is 2.48. The van der Waals surface area contributed by atoms with Gasteiger partial charge in [-0.15, -0.1) is 0 Å². The van der Waals surface area contributed by atoms with E-state index < -0.39 is 5.97 Å². The molecule has 0 aromatic heterocycles. The van der Waals surface area contributed by atoms with Crippen LogP contribution in [0.25, 0.3) is 0 Å². The van der Waals surface area contributed by atoms with E-state index in [-0.39, 0.29) is 11.6 Å². The van der Waals surface area contributed by atoms with Crippen LogP contribution in [0.3, 0.4) is 0 Å². The van der Waals surface area contributed by atoms with E-state index in [1.165, 1.54) is 13.2 Å². The Kier molecular flexibility index (Phi) is 4.27. The molecule has 4 nitrogen and oxygen atoms in total. The number of benzene rings is 1. The maximum atomic E-state index is 11.7. The van der Waals surface area contributed by atoms with Gasteiger partial charge in [0.15, 0.2) is 0 Å². The van der Waals surface area contributed by atoms with Gasteiger partial charge < -0.3 is 10.1 Å². The molecule has 0 aliphatic rings. The predicted molar refractivity (Wildman–Crippen MR) is 59.7 cm³/mol. The van der Waals surface area contributed by atoms with Crippen LogP contribution >= 0.6 is 0 Å². The Morgan fingerprint density at radius 3 is 2.38 bits per heavy atom. The van der Waals surface area contributed by atoms with Crippen molar-refractivity contribution in [3.05, 3.63) is 47.7 Å². The first-order valence-corrected chi connectivity index (χ1v) is 4.80. The van der Waals surface area contributed by atoms with Crippen molar-refractivity contribution < 1.29 is 14.3 Å². The molecule has 1 rings (SSSR count). The first kappa shape index (κ1) is 12.0. The third-order valence-corrected chi connectivity index (χ3v) is 1.98. The second-order valence-corrected chi connectivity index (χ2v) is 3.01. The molecule has 1 aromatic carbocycles. The van der Waals surface area contributed by atoms with E-state index in [0.717, 1.165) is 0 Å². The van der Waals surface area contributed by atoms with Crippen molar-refractivity contribution in [2.24, 2.45) is 0 Å². The lowest BCUT2D eigenvalue weighted by molar-refractivity contribution is -0.136. The van der Waals surface area contributed by atoms with Crippen molar-refractivity contribution in [1.82, 2.24) is 5.32 Å². The number of carbonyl (C=O) groups is 2. The van der Waals surface area contributed by atoms with Gasteiger partial charge in [0, 0.05) is 5.56 Å². The fourth-order valence-electron chi connectivity index (χ4n) is 1.14. The average Bonchev–Trinajstić information content (AvgIpc) is 2.35. The molecule has 0 radical (unpaired) electrons. The van der Waals surface area contributed by atoms with E-state index in [4.69, 9.17) is 0 Å². The number of nitrogens with one attached hydrogen (secondary N) is 1. The molecule has 0 aliphatic heterocycles. The highest BCUT2D eigenvalue weighted by molar-refractivity contribution is 6.00. The van der Waals surface area contributed by atoms with Gasteiger partial charge in [-0.3, -0.25) is 4.79 Å². The van der Waals surface area contributed by atoms with Crippen LogP contribution in [-0.4, -0.2) is 19.0 Å². The zero-order valence-electron chi connectivity index (χ0n) is 9.19. The van der Waals surface area contributed by atoms with Gasteiger partial charge in [-0.05, 0) is 19.1 Å². The van der Waals surface area contributed by atoms with Crippen LogP contribution in [-0.2, 0) is 9.53 Å². The Morgan fingerprint density at radius 1 is 1.25 bits per heavy atom. The molecule has 0 heterocycles. The van der Waals surface area contributed by atoms with Crippen molar-refractivity contribution in [1.29, 1.82) is 0 Å². The number of hydrogen-bond acceptors (Lipinski definition) is 3. The molecule has 1 aromatic rings. The van der Waals surface area contributed by atoms with Crippen molar-refractivity contribution in [3.63, 3.8) is 0 Å². The number of hydrogen-bond donors (Lipinski definition) is 1. The number of carbonyl (C=O) groups excluding carboxylic acids is 2. The summed E-state index contributed by atoms with van der Waals surface area (Å²) in [4.78, 5) is 22.9. The smallest absolute Gasteiger partial charge is 0.354 e. The molecular weight excluding hydrogens is 206 g/mol. The number of amides is 1. The molecule has 0 unspecified atom stereocenters. The Morgan fingerprint density at radius 2 is 1.88 bits per heavy atom. The summed E-state index contributed by atoms with van der Waals surface area (Å²) in [6.45, 7) is 1.65. The van der Waals surface area contributed by atoms with Crippen LogP contribution in [0.2, 0.25) is 0 Å². The molecule has 0 atom stereocenters. The molecule has 1 N–H and O–H groups in total. The Labute approximate surface area is 93.9 Å². The molecule has 1 amide bonds. The molecule has 0 bridgehead atoms. The number of allylic oxidation sites excluding steroid dienone is 1. The Bertz CT molecular complexity index is 410. The van der Waals surface area contributed by atoms with Gasteiger partial charge in [0.1, 0.15) is 5.70 Å². The lowest BCUT2D eigenvalue weighted by Gasteiger charge is -2.06. The molecular formula is C12H13NO3. The van der Waals surface area contributed by atoms with Gasteiger partial charge in [0.25, 0.3) is 5.91 Å². The van der Waals surface area contributed by atoms with Crippen LogP contribution in [0.5, 0.6) is 0 Å². The summed E-state index contributed by atoms with van der Waals surface area (Å²) >= 11 is 0. The highest BCUT2D eigenvalue weighted by Crippen LogP contribution is 2.01. The van der Waals surface area contributed by atoms with Crippen molar-refractivity contribution in [2.75, 3.05) is 7.11 Å². The van der Waals surface area contributed by atoms with Gasteiger partial charge in [0.05, 0.1) is 7.11 Å². The summed E-state index contributed by atoms with van der Waals surface area (Å²) in [5.74, 6) is -0.897. The molecule has 0 aliphatic carbocycles. The van der Waals surface area contributed by atoms with Gasteiger partial charge in [0.2, 0.25) is 0 Å². The lowest BCUT2D eigenvalue weighted by Crippen LogP contribution is -2.27. The molecule has 16 heavy (non-hydrogen) atoms. The Balaban J connectivity index is 2.75. The third kappa shape index (κ3) is 2.95. The van der Waals surface area contributed by atoms with Crippen LogP contribution in [0, 0.1) is 0 Å². The Hall–Kier alpha value is -2.10. The van der Waals surface area contributed by atoms with Crippen molar-refractivity contribution in [3.8, 4) is 0 Å². The quantitative estimate of drug-likeness (QED) is 0.619. The van der Waals surface area contributed by atoms with Gasteiger partial charge in [-0.1, -0.05) is 24.3 Å². The highest BCUT2D eigenvalue weighted by Gasteiger charge is 2.12. The van der Waals surface area contributed by atoms with Gasteiger partial charge in [-0.2, -0.15) is 0 Å². The summed E-state index contributed by atoms with van der Waals surface area (Å²) in [5.41, 5.74) is 0.627. The van der Waals surface area contributed by atoms with Crippen molar-refractivity contribution >= 4 is 11.9 Å². The minimum absolute atomic E-state index is 0.136. The van der Waals surface area contributed by atoms with E-state index in [2.05, 4.69) is 10.1 Å². The van der Waals surface area contributed by atoms with Crippen LogP contribution < -0.4 is 5.32 Å². The number of methoxy groups -OCH3 is 1. The van der Waals surface area contributed by atoms with E-state index in [1.54, 1.807) is 31.2 Å². The standard InChI is InChI=1S/C12H13NO3/c1-3-10(12(15)16-2)13-11(14)9-7-5-4-6-8-9/h3-8H,1-2H3,(H,13,14)/b10-3-. The molecule has 4 heteroatoms. The zero-order valence-corrected chi connectivity index (χ0v) is 9.19. The normalized spacial score (nSPS) is 10.8. The minimum atomic E-state index is -0.563. The third-order valence-electron chi connectivity index (χ3n) is 1.98. The maximum absolute atomic E-state index is 11.7. The summed E-state index contributed by atoms with van der Waals surface area (Å²) in [7, 11) is 1.26. The number of rotatable bonds is 3. The lowest BCUT2D eigenvalue weighted by atomic mass is 10.2. The minimum Gasteiger partial charge on any atom is -0.464 e. The monoisotopic (exact) mass is 219 g/mol. The first-order valence-electron chi connectivity index (χ1n) is 4.80. The fourth-order valence-corrected chi connectivity index (χ4v) is 1.14. The average molecular weight is 219 g/mol. The van der Waals surface area contributed by atoms with Gasteiger partial charge >= 0.3 is 5.97 Å². The summed E-state index contributed by atoms with van der Waals surface area (Å²) in [6.07, 6.45) is 1.49. The molecule has 84 valence electrons. The predicted octanol–water partition coefficient (Wildman–Crippen LogP) is 1.49. The number of esters is 1. The topological polar surface area (TPSA) is 55.4 Å². The maximum Gasteiger partial charge on any atom is 0.354 e. The van der Waals surface area contributed by atoms with E-state index in [9.17, 15) is 9.59 Å². The fraction of sp³-hybridized carbons (Fsp3) is 0.167. The van der Waals surface area contributed by atoms with Crippen LogP contribution in [0.15, 0.2) is 42.1 Å².